The topological polar surface area (TPSA) is 106 Å². The summed E-state index contributed by atoms with van der Waals surface area (Å²) in [7, 11) is 0. The first kappa shape index (κ1) is 29.4. The summed E-state index contributed by atoms with van der Waals surface area (Å²) in [5, 5.41) is 11.6. The molecule has 0 spiro atoms. The summed E-state index contributed by atoms with van der Waals surface area (Å²) >= 11 is 0.879. The average molecular weight is 599 g/mol. The summed E-state index contributed by atoms with van der Waals surface area (Å²) in [6, 6.07) is 18.8. The lowest BCUT2D eigenvalue weighted by Crippen LogP contribution is -2.29. The molecule has 0 aliphatic carbocycles. The Bertz CT molecular complexity index is 1750. The molecule has 1 aromatic heterocycles. The number of thiazole rings is 1. The number of rotatable bonds is 9. The van der Waals surface area contributed by atoms with Gasteiger partial charge < -0.3 is 14.6 Å². The molecule has 1 N–H and O–H groups in total. The number of hydrogen-bond acceptors (Lipinski definition) is 8. The van der Waals surface area contributed by atoms with Gasteiger partial charge in [-0.15, -0.1) is 0 Å². The van der Waals surface area contributed by atoms with Crippen LogP contribution in [0.2, 0.25) is 0 Å². The van der Waals surface area contributed by atoms with Crippen molar-refractivity contribution in [2.24, 2.45) is 0 Å². The molecular weight excluding hydrogens is 571 g/mol. The number of nitrogens with zero attached hydrogens (tertiary/aromatic N) is 2. The summed E-state index contributed by atoms with van der Waals surface area (Å²) in [5.74, 6) is -2.90. The van der Waals surface area contributed by atoms with Gasteiger partial charge in [-0.1, -0.05) is 66.5 Å². The molecular formula is C33H27FN2O6S. The van der Waals surface area contributed by atoms with Crippen LogP contribution in [0.25, 0.3) is 5.76 Å². The van der Waals surface area contributed by atoms with Crippen LogP contribution in [0.4, 0.5) is 9.52 Å². The predicted octanol–water partition coefficient (Wildman–Crippen LogP) is 6.45. The van der Waals surface area contributed by atoms with Crippen molar-refractivity contribution in [3.05, 3.63) is 130 Å². The van der Waals surface area contributed by atoms with Crippen LogP contribution in [0.1, 0.15) is 43.7 Å². The van der Waals surface area contributed by atoms with Gasteiger partial charge in [-0.2, -0.15) is 0 Å². The first-order valence-corrected chi connectivity index (χ1v) is 14.1. The molecule has 0 unspecified atom stereocenters. The lowest BCUT2D eigenvalue weighted by atomic mass is 9.94. The largest absolute Gasteiger partial charge is 0.507 e. The van der Waals surface area contributed by atoms with E-state index >= 15 is 0 Å². The molecule has 1 fully saturated rings. The Labute approximate surface area is 251 Å². The molecule has 8 nitrogen and oxygen atoms in total. The maximum Gasteiger partial charge on any atom is 0.350 e. The number of ether oxygens (including phenoxy) is 2. The monoisotopic (exact) mass is 598 g/mol. The maximum atomic E-state index is 13.9. The van der Waals surface area contributed by atoms with Crippen LogP contribution < -0.4 is 9.64 Å². The maximum absolute atomic E-state index is 13.9. The van der Waals surface area contributed by atoms with E-state index in [9.17, 15) is 23.9 Å². The fourth-order valence-electron chi connectivity index (χ4n) is 4.74. The third-order valence-corrected chi connectivity index (χ3v) is 7.98. The van der Waals surface area contributed by atoms with Gasteiger partial charge >= 0.3 is 11.9 Å². The number of hydrogen-bond donors (Lipinski definition) is 1. The van der Waals surface area contributed by atoms with Crippen molar-refractivity contribution >= 4 is 39.9 Å². The van der Waals surface area contributed by atoms with E-state index in [0.717, 1.165) is 21.8 Å². The van der Waals surface area contributed by atoms with Crippen LogP contribution >= 0.6 is 11.3 Å². The Balaban J connectivity index is 1.55. The van der Waals surface area contributed by atoms with E-state index in [1.165, 1.54) is 30.3 Å². The van der Waals surface area contributed by atoms with E-state index < -0.39 is 35.3 Å². The fraction of sp³-hybridized carbons (Fsp3) is 0.152. The molecule has 43 heavy (non-hydrogen) atoms. The minimum Gasteiger partial charge on any atom is -0.507 e. The van der Waals surface area contributed by atoms with Crippen molar-refractivity contribution in [3.8, 4) is 5.75 Å². The third-order valence-electron chi connectivity index (χ3n) is 6.84. The van der Waals surface area contributed by atoms with Crippen molar-refractivity contribution in [2.75, 3.05) is 11.5 Å². The number of aliphatic hydroxyl groups excluding tert-OH is 1. The fourth-order valence-corrected chi connectivity index (χ4v) is 5.73. The number of halogens is 1. The SMILES string of the molecule is C=CCOC(=O)c1sc(N2C(=O)C(=O)C(=C(O)c3ccc(OCc4ccccc4)cc3C)[C@@H]2c2ccc(F)cc2)nc1C. The van der Waals surface area contributed by atoms with Gasteiger partial charge in [0.2, 0.25) is 0 Å². The quantitative estimate of drug-likeness (QED) is 0.0776. The standard InChI is InChI=1S/C33H27FN2O6S/c1-4-16-41-32(40)30-20(3)35-33(43-30)36-27(22-10-12-23(34)13-11-22)26(29(38)31(36)39)28(37)25-15-14-24(17-19(25)2)42-18-21-8-6-5-7-9-21/h4-15,17,27,37H,1,16,18H2,2-3H3/t27-/m0/s1. The number of carbonyl (C=O) groups excluding carboxylic acids is 3. The summed E-state index contributed by atoms with van der Waals surface area (Å²) < 4.78 is 24.9. The van der Waals surface area contributed by atoms with Crippen LogP contribution in [0.3, 0.4) is 0 Å². The van der Waals surface area contributed by atoms with Gasteiger partial charge in [0.15, 0.2) is 5.13 Å². The predicted molar refractivity (Wildman–Crippen MR) is 160 cm³/mol. The van der Waals surface area contributed by atoms with Crippen molar-refractivity contribution in [1.82, 2.24) is 4.98 Å². The van der Waals surface area contributed by atoms with Gasteiger partial charge in [-0.3, -0.25) is 14.5 Å². The summed E-state index contributed by atoms with van der Waals surface area (Å²) in [4.78, 5) is 45.3. The van der Waals surface area contributed by atoms with E-state index in [1.807, 2.05) is 30.3 Å². The van der Waals surface area contributed by atoms with Gasteiger partial charge in [-0.25, -0.2) is 14.2 Å². The van der Waals surface area contributed by atoms with E-state index in [1.54, 1.807) is 32.0 Å². The minimum atomic E-state index is -1.14. The van der Waals surface area contributed by atoms with Gasteiger partial charge in [-0.05, 0) is 60.9 Å². The molecule has 4 aromatic rings. The van der Waals surface area contributed by atoms with Gasteiger partial charge in [0, 0.05) is 5.56 Å². The second-order valence-corrected chi connectivity index (χ2v) is 10.7. The van der Waals surface area contributed by atoms with Gasteiger partial charge in [0.25, 0.3) is 5.78 Å². The molecule has 1 atom stereocenters. The zero-order valence-electron chi connectivity index (χ0n) is 23.4. The number of ketones is 1. The summed E-state index contributed by atoms with van der Waals surface area (Å²) in [6.07, 6.45) is 1.42. The highest BCUT2D eigenvalue weighted by Crippen LogP contribution is 2.44. The lowest BCUT2D eigenvalue weighted by Gasteiger charge is -2.23. The normalized spacial score (nSPS) is 15.9. The smallest absolute Gasteiger partial charge is 0.350 e. The Morgan fingerprint density at radius 2 is 1.81 bits per heavy atom. The van der Waals surface area contributed by atoms with E-state index in [4.69, 9.17) is 9.47 Å². The van der Waals surface area contributed by atoms with E-state index in [-0.39, 0.29) is 22.2 Å². The number of amides is 1. The zero-order chi connectivity index (χ0) is 30.7. The Kier molecular flexibility index (Phi) is 8.49. The molecule has 218 valence electrons. The number of benzene rings is 3. The third kappa shape index (κ3) is 5.96. The molecule has 3 aromatic carbocycles. The van der Waals surface area contributed by atoms with Gasteiger partial charge in [0.1, 0.15) is 35.4 Å². The molecule has 0 bridgehead atoms. The highest BCUT2D eigenvalue weighted by Gasteiger charge is 2.48. The van der Waals surface area contributed by atoms with E-state index in [0.29, 0.717) is 34.7 Å². The first-order chi connectivity index (χ1) is 20.7. The van der Waals surface area contributed by atoms with Crippen molar-refractivity contribution < 1.29 is 33.4 Å². The Morgan fingerprint density at radius 1 is 1.09 bits per heavy atom. The molecule has 1 aliphatic heterocycles. The minimum absolute atomic E-state index is 0.0129. The molecule has 2 heterocycles. The average Bonchev–Trinajstić information content (AvgIpc) is 3.51. The molecule has 1 aliphatic rings. The molecule has 1 saturated heterocycles. The number of aliphatic hydroxyl groups is 1. The highest BCUT2D eigenvalue weighted by molar-refractivity contribution is 7.17. The van der Waals surface area contributed by atoms with Crippen molar-refractivity contribution in [2.45, 2.75) is 26.5 Å². The van der Waals surface area contributed by atoms with Crippen LogP contribution in [0.5, 0.6) is 5.75 Å². The zero-order valence-corrected chi connectivity index (χ0v) is 24.2. The van der Waals surface area contributed by atoms with Crippen LogP contribution in [0.15, 0.2) is 91.0 Å². The second-order valence-electron chi connectivity index (χ2n) is 9.77. The van der Waals surface area contributed by atoms with Crippen LogP contribution in [0, 0.1) is 19.7 Å². The number of anilines is 1. The van der Waals surface area contributed by atoms with Crippen LogP contribution in [-0.4, -0.2) is 34.4 Å². The number of aryl methyl sites for hydroxylation is 2. The Hall–Kier alpha value is -5.09. The first-order valence-electron chi connectivity index (χ1n) is 13.3. The van der Waals surface area contributed by atoms with Gasteiger partial charge in [0.05, 0.1) is 17.3 Å². The molecule has 1 amide bonds. The summed E-state index contributed by atoms with van der Waals surface area (Å²) in [6.45, 7) is 7.19. The Morgan fingerprint density at radius 3 is 2.49 bits per heavy atom. The molecule has 0 saturated carbocycles. The van der Waals surface area contributed by atoms with Crippen molar-refractivity contribution in [3.63, 3.8) is 0 Å². The number of Topliss-reactive ketones (excluding diaryl/α,β-unsaturated/α-hetero) is 1. The number of aromatic nitrogens is 1. The lowest BCUT2D eigenvalue weighted by molar-refractivity contribution is -0.132. The number of esters is 1. The highest BCUT2D eigenvalue weighted by atomic mass is 32.1. The second kappa shape index (κ2) is 12.4. The van der Waals surface area contributed by atoms with Crippen molar-refractivity contribution in [1.29, 1.82) is 0 Å². The van der Waals surface area contributed by atoms with E-state index in [2.05, 4.69) is 11.6 Å². The van der Waals surface area contributed by atoms with Crippen LogP contribution in [-0.2, 0) is 20.9 Å². The molecule has 5 rings (SSSR count). The summed E-state index contributed by atoms with van der Waals surface area (Å²) in [5.41, 5.74) is 2.38. The molecule has 0 radical (unpaired) electrons. The molecule has 10 heteroatoms. The number of carbonyl (C=O) groups is 3.